The molecule has 3 aromatic heterocycles. The minimum absolute atomic E-state index is 0.772. The highest BCUT2D eigenvalue weighted by Gasteiger charge is 2.12. The second kappa shape index (κ2) is 3.01. The summed E-state index contributed by atoms with van der Waals surface area (Å²) in [5, 5.41) is 1.92. The highest BCUT2D eigenvalue weighted by atomic mass is 16.3. The first-order valence-electron chi connectivity index (χ1n) is 5.30. The van der Waals surface area contributed by atoms with Crippen molar-refractivity contribution in [2.45, 2.75) is 0 Å². The number of rotatable bonds is 0. The zero-order valence-corrected chi connectivity index (χ0v) is 8.79. The molecule has 0 saturated carbocycles. The summed E-state index contributed by atoms with van der Waals surface area (Å²) in [7, 11) is 0. The lowest BCUT2D eigenvalue weighted by Gasteiger charge is -2.02. The van der Waals surface area contributed by atoms with Crippen LogP contribution in [0.15, 0.2) is 47.5 Å². The fraction of sp³-hybridized carbons (Fsp3) is 0. The molecule has 0 N–H and O–H groups in total. The molecular formula is C13H7N3O. The fourth-order valence-corrected chi connectivity index (χ4v) is 2.19. The second-order valence-electron chi connectivity index (χ2n) is 3.83. The molecular weight excluding hydrogens is 214 g/mol. The molecule has 0 fully saturated rings. The van der Waals surface area contributed by atoms with Crippen LogP contribution in [0.5, 0.6) is 0 Å². The van der Waals surface area contributed by atoms with Crippen LogP contribution in [0.2, 0.25) is 0 Å². The number of fused-ring (bicyclic) bond motifs is 6. The van der Waals surface area contributed by atoms with Crippen molar-refractivity contribution in [1.29, 1.82) is 0 Å². The maximum atomic E-state index is 5.46. The molecule has 80 valence electrons. The predicted octanol–water partition coefficient (Wildman–Crippen LogP) is 2.92. The molecule has 0 aliphatic rings. The summed E-state index contributed by atoms with van der Waals surface area (Å²) in [6.07, 6.45) is 4.99. The summed E-state index contributed by atoms with van der Waals surface area (Å²) in [6.45, 7) is 0. The predicted molar refractivity (Wildman–Crippen MR) is 64.6 cm³/mol. The van der Waals surface area contributed by atoms with Crippen LogP contribution in [0.25, 0.3) is 32.9 Å². The van der Waals surface area contributed by atoms with E-state index < -0.39 is 0 Å². The van der Waals surface area contributed by atoms with E-state index in [0.717, 1.165) is 32.9 Å². The number of hydrogen-bond donors (Lipinski definition) is 0. The van der Waals surface area contributed by atoms with Crippen LogP contribution in [-0.4, -0.2) is 15.0 Å². The van der Waals surface area contributed by atoms with E-state index in [0.29, 0.717) is 0 Å². The summed E-state index contributed by atoms with van der Waals surface area (Å²) < 4.78 is 5.46. The van der Waals surface area contributed by atoms with Crippen molar-refractivity contribution in [3.05, 3.63) is 43.1 Å². The van der Waals surface area contributed by atoms with Gasteiger partial charge < -0.3 is 4.42 Å². The minimum Gasteiger partial charge on any atom is -0.443 e. The lowest BCUT2D eigenvalue weighted by molar-refractivity contribution is 0.605. The van der Waals surface area contributed by atoms with Crippen LogP contribution in [0.1, 0.15) is 0 Å². The Bertz CT molecular complexity index is 781. The first-order chi connectivity index (χ1) is 8.45. The van der Waals surface area contributed by atoms with E-state index in [4.69, 9.17) is 4.42 Å². The Balaban J connectivity index is 2.48. The van der Waals surface area contributed by atoms with Crippen LogP contribution in [0.3, 0.4) is 0 Å². The first kappa shape index (κ1) is 8.64. The Hall–Kier alpha value is -2.49. The molecule has 17 heavy (non-hydrogen) atoms. The van der Waals surface area contributed by atoms with Crippen molar-refractivity contribution in [3.63, 3.8) is 0 Å². The Morgan fingerprint density at radius 1 is 0.765 bits per heavy atom. The van der Waals surface area contributed by atoms with Gasteiger partial charge in [0.2, 0.25) is 0 Å². The van der Waals surface area contributed by atoms with E-state index in [1.807, 2.05) is 24.3 Å². The normalized spacial score (nSPS) is 11.5. The second-order valence-corrected chi connectivity index (χ2v) is 3.83. The third kappa shape index (κ3) is 1.04. The topological polar surface area (TPSA) is 51.8 Å². The Morgan fingerprint density at radius 2 is 1.47 bits per heavy atom. The first-order valence-corrected chi connectivity index (χ1v) is 5.30. The molecule has 0 atom stereocenters. The monoisotopic (exact) mass is 221 g/mol. The fourth-order valence-electron chi connectivity index (χ4n) is 2.19. The number of hydrogen-bond acceptors (Lipinski definition) is 4. The molecule has 4 rings (SSSR count). The van der Waals surface area contributed by atoms with Gasteiger partial charge in [0.15, 0.2) is 12.0 Å². The summed E-state index contributed by atoms with van der Waals surface area (Å²) in [6, 6.07) is 7.75. The van der Waals surface area contributed by atoms with E-state index in [1.165, 1.54) is 6.39 Å². The number of aromatic nitrogens is 3. The molecule has 0 bridgehead atoms. The molecule has 4 nitrogen and oxygen atoms in total. The Kier molecular flexibility index (Phi) is 1.53. The van der Waals surface area contributed by atoms with Crippen molar-refractivity contribution in [3.8, 4) is 0 Å². The molecule has 0 aliphatic heterocycles. The van der Waals surface area contributed by atoms with E-state index in [2.05, 4.69) is 15.0 Å². The van der Waals surface area contributed by atoms with Crippen molar-refractivity contribution in [1.82, 2.24) is 15.0 Å². The van der Waals surface area contributed by atoms with E-state index in [1.54, 1.807) is 12.4 Å². The minimum atomic E-state index is 0.772. The van der Waals surface area contributed by atoms with Gasteiger partial charge in [-0.1, -0.05) is 0 Å². The molecule has 0 unspecified atom stereocenters. The Labute approximate surface area is 95.9 Å². The molecule has 0 saturated heterocycles. The van der Waals surface area contributed by atoms with Crippen LogP contribution in [0.4, 0.5) is 0 Å². The van der Waals surface area contributed by atoms with Gasteiger partial charge in [-0.3, -0.25) is 9.97 Å². The van der Waals surface area contributed by atoms with Crippen molar-refractivity contribution in [2.24, 2.45) is 0 Å². The number of oxazole rings is 1. The molecule has 0 amide bonds. The maximum Gasteiger partial charge on any atom is 0.182 e. The van der Waals surface area contributed by atoms with Crippen molar-refractivity contribution < 1.29 is 4.42 Å². The summed E-state index contributed by atoms with van der Waals surface area (Å²) in [5.41, 5.74) is 3.33. The van der Waals surface area contributed by atoms with Gasteiger partial charge in [-0.05, 0) is 24.3 Å². The molecule has 0 aliphatic carbocycles. The lowest BCUT2D eigenvalue weighted by Crippen LogP contribution is -1.86. The zero-order chi connectivity index (χ0) is 11.2. The number of nitrogens with zero attached hydrogens (tertiary/aromatic N) is 3. The van der Waals surface area contributed by atoms with E-state index in [-0.39, 0.29) is 0 Å². The smallest absolute Gasteiger partial charge is 0.182 e. The quantitative estimate of drug-likeness (QED) is 0.428. The lowest BCUT2D eigenvalue weighted by atomic mass is 10.1. The van der Waals surface area contributed by atoms with Gasteiger partial charge in [0, 0.05) is 23.2 Å². The van der Waals surface area contributed by atoms with Crippen LogP contribution < -0.4 is 0 Å². The van der Waals surface area contributed by atoms with Gasteiger partial charge >= 0.3 is 0 Å². The number of pyridine rings is 2. The number of benzene rings is 1. The average Bonchev–Trinajstić information content (AvgIpc) is 2.89. The maximum absolute atomic E-state index is 5.46. The summed E-state index contributed by atoms with van der Waals surface area (Å²) in [5.74, 6) is 0. The van der Waals surface area contributed by atoms with Crippen molar-refractivity contribution >= 4 is 32.9 Å². The molecule has 4 heteroatoms. The zero-order valence-electron chi connectivity index (χ0n) is 8.79. The molecule has 1 aromatic carbocycles. The highest BCUT2D eigenvalue weighted by molar-refractivity contribution is 6.19. The summed E-state index contributed by atoms with van der Waals surface area (Å²) >= 11 is 0. The third-order valence-corrected chi connectivity index (χ3v) is 2.91. The third-order valence-electron chi connectivity index (χ3n) is 2.91. The molecule has 3 heterocycles. The Morgan fingerprint density at radius 3 is 2.29 bits per heavy atom. The van der Waals surface area contributed by atoms with Crippen LogP contribution in [0, 0.1) is 0 Å². The van der Waals surface area contributed by atoms with E-state index >= 15 is 0 Å². The van der Waals surface area contributed by atoms with Gasteiger partial charge in [-0.2, -0.15) is 0 Å². The van der Waals surface area contributed by atoms with Crippen LogP contribution >= 0.6 is 0 Å². The van der Waals surface area contributed by atoms with Crippen molar-refractivity contribution in [2.75, 3.05) is 0 Å². The molecule has 4 aromatic rings. The van der Waals surface area contributed by atoms with Gasteiger partial charge in [0.05, 0.1) is 5.52 Å². The molecule has 0 spiro atoms. The SMILES string of the molecule is c1cnc2c(c1)c1ncoc1c1cccnc12. The van der Waals surface area contributed by atoms with Gasteiger partial charge in [-0.25, -0.2) is 4.98 Å². The molecule has 0 radical (unpaired) electrons. The average molecular weight is 221 g/mol. The largest absolute Gasteiger partial charge is 0.443 e. The van der Waals surface area contributed by atoms with Gasteiger partial charge in [-0.15, -0.1) is 0 Å². The van der Waals surface area contributed by atoms with E-state index in [9.17, 15) is 0 Å². The standard InChI is InChI=1S/C13H7N3O/c1-3-8-10(14-5-1)11-9(4-2-6-15-11)13-12(8)16-7-17-13/h1-7H. The van der Waals surface area contributed by atoms with Gasteiger partial charge in [0.1, 0.15) is 11.0 Å². The van der Waals surface area contributed by atoms with Gasteiger partial charge in [0.25, 0.3) is 0 Å². The summed E-state index contributed by atoms with van der Waals surface area (Å²) in [4.78, 5) is 13.0. The highest BCUT2D eigenvalue weighted by Crippen LogP contribution is 2.31. The van der Waals surface area contributed by atoms with Crippen LogP contribution in [-0.2, 0) is 0 Å².